The van der Waals surface area contributed by atoms with Crippen molar-refractivity contribution in [1.82, 2.24) is 0 Å². The Bertz CT molecular complexity index is 742. The highest BCUT2D eigenvalue weighted by Crippen LogP contribution is 2.41. The van der Waals surface area contributed by atoms with Gasteiger partial charge >= 0.3 is 5.97 Å². The van der Waals surface area contributed by atoms with Crippen molar-refractivity contribution in [3.8, 4) is 0 Å². The van der Waals surface area contributed by atoms with E-state index in [1.54, 1.807) is 6.08 Å². The van der Waals surface area contributed by atoms with E-state index in [9.17, 15) is 14.7 Å². The van der Waals surface area contributed by atoms with Crippen molar-refractivity contribution < 1.29 is 24.2 Å². The Kier molecular flexibility index (Phi) is 6.71. The molecule has 0 fully saturated rings. The van der Waals surface area contributed by atoms with Gasteiger partial charge in [-0.3, -0.25) is 9.59 Å². The summed E-state index contributed by atoms with van der Waals surface area (Å²) in [5, 5.41) is 10.5. The van der Waals surface area contributed by atoms with E-state index in [0.29, 0.717) is 17.3 Å². The van der Waals surface area contributed by atoms with Gasteiger partial charge in [-0.15, -0.1) is 0 Å². The Hall–Kier alpha value is -1.85. The van der Waals surface area contributed by atoms with Crippen LogP contribution < -0.4 is 0 Å². The van der Waals surface area contributed by atoms with Crippen LogP contribution in [-0.2, 0) is 19.1 Å². The third-order valence-electron chi connectivity index (χ3n) is 4.95. The quantitative estimate of drug-likeness (QED) is 0.566. The Balaban J connectivity index is 2.34. The molecule has 4 atom stereocenters. The van der Waals surface area contributed by atoms with Gasteiger partial charge in [0, 0.05) is 6.92 Å². The number of hydrogen-bond donors (Lipinski definition) is 1. The topological polar surface area (TPSA) is 72.8 Å². The molecule has 0 aromatic rings. The summed E-state index contributed by atoms with van der Waals surface area (Å²) in [7, 11) is 0. The average molecular weight is 395 g/mol. The van der Waals surface area contributed by atoms with Gasteiger partial charge in [0.05, 0.1) is 17.6 Å². The first-order chi connectivity index (χ1) is 12.6. The van der Waals surface area contributed by atoms with Gasteiger partial charge in [-0.1, -0.05) is 49.6 Å². The van der Waals surface area contributed by atoms with E-state index in [1.807, 2.05) is 19.1 Å². The molecule has 1 N–H and O–H groups in total. The predicted octanol–water partition coefficient (Wildman–Crippen LogP) is 3.82. The molecule has 0 radical (unpaired) electrons. The van der Waals surface area contributed by atoms with Crippen molar-refractivity contribution in [2.45, 2.75) is 52.7 Å². The lowest BCUT2D eigenvalue weighted by molar-refractivity contribution is -0.174. The maximum absolute atomic E-state index is 12.5. The smallest absolute Gasteiger partial charge is 0.303 e. The number of allylic oxidation sites excluding steroid dienone is 5. The SMILES string of the molecule is CCC(C)/C=C(C)/C=C/C1=CC2=C(Cl)C(=O)[C@@](C)(O)[C@@H](OC(C)=O)[C@H]2CO1. The van der Waals surface area contributed by atoms with Gasteiger partial charge < -0.3 is 14.6 Å². The van der Waals surface area contributed by atoms with Gasteiger partial charge in [-0.25, -0.2) is 0 Å². The Morgan fingerprint density at radius 2 is 2.19 bits per heavy atom. The monoisotopic (exact) mass is 394 g/mol. The first kappa shape index (κ1) is 21.5. The molecule has 1 aliphatic heterocycles. The van der Waals surface area contributed by atoms with Gasteiger partial charge in [0.15, 0.2) is 5.60 Å². The molecule has 0 aromatic heterocycles. The second-order valence-corrected chi connectivity index (χ2v) is 7.75. The van der Waals surface area contributed by atoms with Gasteiger partial charge in [-0.05, 0) is 37.5 Å². The number of halogens is 1. The molecule has 0 saturated carbocycles. The molecule has 6 heteroatoms. The lowest BCUT2D eigenvalue weighted by atomic mass is 9.74. The molecule has 0 bridgehead atoms. The minimum Gasteiger partial charge on any atom is -0.493 e. The first-order valence-electron chi connectivity index (χ1n) is 9.13. The second kappa shape index (κ2) is 8.44. The van der Waals surface area contributed by atoms with Crippen LogP contribution in [0.2, 0.25) is 0 Å². The molecule has 0 spiro atoms. The highest BCUT2D eigenvalue weighted by atomic mass is 35.5. The van der Waals surface area contributed by atoms with Crippen LogP contribution in [0.25, 0.3) is 0 Å². The first-order valence-corrected chi connectivity index (χ1v) is 9.50. The number of carbonyl (C=O) groups excluding carboxylic acids is 2. The molecule has 1 heterocycles. The van der Waals surface area contributed by atoms with E-state index in [2.05, 4.69) is 19.9 Å². The Morgan fingerprint density at radius 3 is 2.78 bits per heavy atom. The summed E-state index contributed by atoms with van der Waals surface area (Å²) in [4.78, 5) is 23.9. The zero-order valence-electron chi connectivity index (χ0n) is 16.4. The van der Waals surface area contributed by atoms with Gasteiger partial charge in [0.25, 0.3) is 0 Å². The maximum Gasteiger partial charge on any atom is 0.303 e. The number of ether oxygens (including phenoxy) is 2. The molecule has 148 valence electrons. The molecule has 1 unspecified atom stereocenters. The summed E-state index contributed by atoms with van der Waals surface area (Å²) in [6.45, 7) is 8.99. The summed E-state index contributed by atoms with van der Waals surface area (Å²) in [6, 6.07) is 0. The highest BCUT2D eigenvalue weighted by Gasteiger charge is 2.53. The molecule has 0 saturated heterocycles. The molecule has 1 aliphatic carbocycles. The number of hydrogen-bond acceptors (Lipinski definition) is 5. The molecular formula is C21H27ClO5. The molecule has 27 heavy (non-hydrogen) atoms. The summed E-state index contributed by atoms with van der Waals surface area (Å²) in [5.41, 5.74) is -0.262. The molecular weight excluding hydrogens is 368 g/mol. The van der Waals surface area contributed by atoms with Crippen LogP contribution >= 0.6 is 11.6 Å². The fourth-order valence-corrected chi connectivity index (χ4v) is 3.62. The summed E-state index contributed by atoms with van der Waals surface area (Å²) in [5.74, 6) is -0.697. The predicted molar refractivity (Wildman–Crippen MR) is 104 cm³/mol. The molecule has 0 aromatic carbocycles. The van der Waals surface area contributed by atoms with Gasteiger partial charge in [0.2, 0.25) is 5.78 Å². The zero-order valence-corrected chi connectivity index (χ0v) is 17.2. The van der Waals surface area contributed by atoms with Gasteiger partial charge in [0.1, 0.15) is 11.9 Å². The number of aliphatic hydroxyl groups is 1. The van der Waals surface area contributed by atoms with Crippen LogP contribution in [0.4, 0.5) is 0 Å². The van der Waals surface area contributed by atoms with Gasteiger partial charge in [-0.2, -0.15) is 0 Å². The molecule has 0 amide bonds. The van der Waals surface area contributed by atoms with Crippen molar-refractivity contribution in [1.29, 1.82) is 0 Å². The number of ketones is 1. The lowest BCUT2D eigenvalue weighted by Gasteiger charge is -2.42. The van der Waals surface area contributed by atoms with E-state index >= 15 is 0 Å². The van der Waals surface area contributed by atoms with Crippen LogP contribution in [0, 0.1) is 11.8 Å². The average Bonchev–Trinajstić information content (AvgIpc) is 2.61. The maximum atomic E-state index is 12.5. The summed E-state index contributed by atoms with van der Waals surface area (Å²) < 4.78 is 11.0. The summed E-state index contributed by atoms with van der Waals surface area (Å²) in [6.07, 6.45) is 7.62. The van der Waals surface area contributed by atoms with E-state index in [1.165, 1.54) is 13.8 Å². The molecule has 2 aliphatic rings. The third-order valence-corrected chi connectivity index (χ3v) is 5.34. The van der Waals surface area contributed by atoms with E-state index in [0.717, 1.165) is 12.0 Å². The summed E-state index contributed by atoms with van der Waals surface area (Å²) >= 11 is 6.24. The third kappa shape index (κ3) is 4.71. The van der Waals surface area contributed by atoms with E-state index < -0.39 is 29.4 Å². The van der Waals surface area contributed by atoms with Crippen LogP contribution in [0.3, 0.4) is 0 Å². The van der Waals surface area contributed by atoms with E-state index in [-0.39, 0.29) is 11.6 Å². The minimum atomic E-state index is -1.89. The highest BCUT2D eigenvalue weighted by molar-refractivity contribution is 6.44. The number of esters is 1. The number of fused-ring (bicyclic) bond motifs is 1. The Labute approximate surface area is 165 Å². The normalized spacial score (nSPS) is 30.0. The lowest BCUT2D eigenvalue weighted by Crippen LogP contribution is -2.57. The van der Waals surface area contributed by atoms with Crippen LogP contribution in [0.5, 0.6) is 0 Å². The van der Waals surface area contributed by atoms with Crippen molar-refractivity contribution in [3.05, 3.63) is 46.2 Å². The number of carbonyl (C=O) groups is 2. The van der Waals surface area contributed by atoms with Crippen LogP contribution in [0.1, 0.15) is 41.0 Å². The fourth-order valence-electron chi connectivity index (χ4n) is 3.24. The zero-order chi connectivity index (χ0) is 20.4. The van der Waals surface area contributed by atoms with Crippen LogP contribution in [0.15, 0.2) is 46.2 Å². The minimum absolute atomic E-state index is 0.0468. The fraction of sp³-hybridized carbons (Fsp3) is 0.524. The van der Waals surface area contributed by atoms with Crippen molar-refractivity contribution in [2.75, 3.05) is 6.61 Å². The molecule has 2 rings (SSSR count). The Morgan fingerprint density at radius 1 is 1.52 bits per heavy atom. The molecule has 5 nitrogen and oxygen atoms in total. The number of rotatable bonds is 5. The number of Topliss-reactive ketones (excluding diaryl/α,β-unsaturated/α-hetero) is 1. The van der Waals surface area contributed by atoms with Crippen molar-refractivity contribution >= 4 is 23.4 Å². The van der Waals surface area contributed by atoms with E-state index in [4.69, 9.17) is 21.1 Å². The second-order valence-electron chi connectivity index (χ2n) is 7.37. The van der Waals surface area contributed by atoms with Crippen LogP contribution in [-0.4, -0.2) is 35.2 Å². The standard InChI is InChI=1S/C21H27ClO5/c1-6-12(2)9-13(3)7-8-15-10-16-17(11-26-15)20(27-14(4)23)21(5,25)19(24)18(16)22/h7-10,12,17,20,25H,6,11H2,1-5H3/b8-7+,13-9+/t12?,17-,20-,21+/m0/s1. The van der Waals surface area contributed by atoms with Crippen molar-refractivity contribution in [2.24, 2.45) is 11.8 Å². The van der Waals surface area contributed by atoms with Crippen molar-refractivity contribution in [3.63, 3.8) is 0 Å². The largest absolute Gasteiger partial charge is 0.493 e.